The molecule has 1 aromatic carbocycles. The molecule has 0 aliphatic carbocycles. The van der Waals surface area contributed by atoms with Crippen molar-refractivity contribution in [2.24, 2.45) is 0 Å². The highest BCUT2D eigenvalue weighted by atomic mass is 32.2. The summed E-state index contributed by atoms with van der Waals surface area (Å²) in [4.78, 5) is 18.9. The Labute approximate surface area is 169 Å². The summed E-state index contributed by atoms with van der Waals surface area (Å²) in [7, 11) is 0. The van der Waals surface area contributed by atoms with E-state index in [0.29, 0.717) is 10.9 Å². The second kappa shape index (κ2) is 9.01. The Morgan fingerprint density at radius 3 is 2.46 bits per heavy atom. The molecule has 3 aromatic rings. The molecule has 1 amide bonds. The number of hydrogen-bond acceptors (Lipinski definition) is 5. The third kappa shape index (κ3) is 4.25. The van der Waals surface area contributed by atoms with Gasteiger partial charge in [0.05, 0.1) is 5.75 Å². The van der Waals surface area contributed by atoms with Gasteiger partial charge in [-0.05, 0) is 37.1 Å². The van der Waals surface area contributed by atoms with Crippen LogP contribution < -0.4 is 0 Å². The van der Waals surface area contributed by atoms with Gasteiger partial charge in [-0.3, -0.25) is 14.3 Å². The van der Waals surface area contributed by atoms with E-state index in [2.05, 4.69) is 15.2 Å². The monoisotopic (exact) mass is 393 g/mol. The third-order valence-electron chi connectivity index (χ3n) is 4.85. The lowest BCUT2D eigenvalue weighted by Crippen LogP contribution is -2.33. The Morgan fingerprint density at radius 1 is 0.964 bits per heavy atom. The number of nitrogens with zero attached hydrogens (tertiary/aromatic N) is 5. The molecule has 1 fully saturated rings. The molecule has 0 unspecified atom stereocenters. The summed E-state index contributed by atoms with van der Waals surface area (Å²) in [6, 6.07) is 13.8. The number of likely N-dealkylation sites (tertiary alicyclic amines) is 1. The number of pyridine rings is 1. The minimum atomic E-state index is 0.178. The Balaban J connectivity index is 1.58. The number of benzene rings is 1. The lowest BCUT2D eigenvalue weighted by molar-refractivity contribution is -0.128. The molecule has 3 heterocycles. The summed E-state index contributed by atoms with van der Waals surface area (Å²) in [5, 5.41) is 9.49. The third-order valence-corrected chi connectivity index (χ3v) is 5.76. The molecule has 1 aliphatic heterocycles. The molecule has 1 saturated heterocycles. The fourth-order valence-corrected chi connectivity index (χ4v) is 4.25. The molecule has 0 spiro atoms. The van der Waals surface area contributed by atoms with Crippen LogP contribution in [0.1, 0.15) is 25.7 Å². The van der Waals surface area contributed by atoms with Crippen molar-refractivity contribution in [1.82, 2.24) is 24.6 Å². The second-order valence-electron chi connectivity index (χ2n) is 6.80. The molecule has 0 atom stereocenters. The van der Waals surface area contributed by atoms with Crippen molar-refractivity contribution in [2.45, 2.75) is 30.8 Å². The minimum absolute atomic E-state index is 0.178. The van der Waals surface area contributed by atoms with E-state index in [1.807, 2.05) is 51.9 Å². The van der Waals surface area contributed by atoms with E-state index < -0.39 is 0 Å². The fourth-order valence-electron chi connectivity index (χ4n) is 3.39. The van der Waals surface area contributed by atoms with Crippen molar-refractivity contribution >= 4 is 17.7 Å². The number of aromatic nitrogens is 4. The molecule has 0 bridgehead atoms. The first-order valence-corrected chi connectivity index (χ1v) is 10.6. The average Bonchev–Trinajstić information content (AvgIpc) is 2.98. The molecule has 1 aliphatic rings. The number of rotatable bonds is 5. The van der Waals surface area contributed by atoms with Gasteiger partial charge in [-0.15, -0.1) is 10.2 Å². The summed E-state index contributed by atoms with van der Waals surface area (Å²) in [5.41, 5.74) is 1.86. The van der Waals surface area contributed by atoms with Gasteiger partial charge in [-0.25, -0.2) is 0 Å². The van der Waals surface area contributed by atoms with Gasteiger partial charge < -0.3 is 4.90 Å². The number of amides is 1. The maximum absolute atomic E-state index is 12.7. The lowest BCUT2D eigenvalue weighted by atomic mass is 10.2. The smallest absolute Gasteiger partial charge is 0.233 e. The van der Waals surface area contributed by atoms with Crippen LogP contribution in [0.25, 0.3) is 17.1 Å². The van der Waals surface area contributed by atoms with Crippen molar-refractivity contribution in [3.05, 3.63) is 54.9 Å². The molecule has 28 heavy (non-hydrogen) atoms. The Hall–Kier alpha value is -2.67. The van der Waals surface area contributed by atoms with E-state index >= 15 is 0 Å². The molecule has 4 rings (SSSR count). The number of hydrogen-bond donors (Lipinski definition) is 0. The van der Waals surface area contributed by atoms with Crippen molar-refractivity contribution in [1.29, 1.82) is 0 Å². The van der Waals surface area contributed by atoms with Crippen LogP contribution in [0.3, 0.4) is 0 Å². The van der Waals surface area contributed by atoms with Gasteiger partial charge in [0.2, 0.25) is 5.91 Å². The van der Waals surface area contributed by atoms with Gasteiger partial charge >= 0.3 is 0 Å². The van der Waals surface area contributed by atoms with Crippen LogP contribution in [-0.2, 0) is 4.79 Å². The Morgan fingerprint density at radius 2 is 1.75 bits per heavy atom. The first-order chi connectivity index (χ1) is 13.8. The van der Waals surface area contributed by atoms with Crippen LogP contribution in [0.5, 0.6) is 0 Å². The molecule has 0 radical (unpaired) electrons. The molecule has 0 N–H and O–H groups in total. The largest absolute Gasteiger partial charge is 0.342 e. The van der Waals surface area contributed by atoms with E-state index in [4.69, 9.17) is 0 Å². The fraction of sp³-hybridized carbons (Fsp3) is 0.333. The number of para-hydroxylation sites is 1. The van der Waals surface area contributed by atoms with Gasteiger partial charge in [-0.2, -0.15) is 0 Å². The zero-order valence-corrected chi connectivity index (χ0v) is 16.5. The highest BCUT2D eigenvalue weighted by molar-refractivity contribution is 7.99. The molecule has 2 aromatic heterocycles. The standard InChI is InChI=1S/C21H23N5OS/c27-19(25-13-6-1-2-7-14-25)16-28-21-24-23-20(17-9-8-12-22-15-17)26(21)18-10-4-3-5-11-18/h3-5,8-12,15H,1-2,6-7,13-14,16H2. The first kappa shape index (κ1) is 18.7. The van der Waals surface area contributed by atoms with Crippen LogP contribution in [-0.4, -0.2) is 49.4 Å². The first-order valence-electron chi connectivity index (χ1n) is 9.65. The van der Waals surface area contributed by atoms with Gasteiger partial charge in [0, 0.05) is 36.7 Å². The zero-order chi connectivity index (χ0) is 19.2. The Kier molecular flexibility index (Phi) is 6.01. The number of carbonyl (C=O) groups excluding carboxylic acids is 1. The molecule has 6 nitrogen and oxygen atoms in total. The van der Waals surface area contributed by atoms with E-state index in [0.717, 1.165) is 43.0 Å². The predicted molar refractivity (Wildman–Crippen MR) is 110 cm³/mol. The molecule has 0 saturated carbocycles. The van der Waals surface area contributed by atoms with E-state index in [1.54, 1.807) is 12.4 Å². The normalized spacial score (nSPS) is 14.6. The van der Waals surface area contributed by atoms with E-state index in [9.17, 15) is 4.79 Å². The van der Waals surface area contributed by atoms with Gasteiger partial charge in [0.1, 0.15) is 0 Å². The summed E-state index contributed by atoms with van der Waals surface area (Å²) in [5.74, 6) is 1.28. The van der Waals surface area contributed by atoms with Crippen LogP contribution in [0.4, 0.5) is 0 Å². The summed E-state index contributed by atoms with van der Waals surface area (Å²) < 4.78 is 2.00. The molecular formula is C21H23N5OS. The summed E-state index contributed by atoms with van der Waals surface area (Å²) in [6.45, 7) is 1.73. The van der Waals surface area contributed by atoms with Crippen LogP contribution in [0.15, 0.2) is 60.0 Å². The van der Waals surface area contributed by atoms with Crippen molar-refractivity contribution in [2.75, 3.05) is 18.8 Å². The highest BCUT2D eigenvalue weighted by Gasteiger charge is 2.20. The maximum Gasteiger partial charge on any atom is 0.233 e. The van der Waals surface area contributed by atoms with Crippen molar-refractivity contribution < 1.29 is 4.79 Å². The number of carbonyl (C=O) groups is 1. The van der Waals surface area contributed by atoms with Crippen LogP contribution >= 0.6 is 11.8 Å². The van der Waals surface area contributed by atoms with E-state index in [1.165, 1.54) is 24.6 Å². The maximum atomic E-state index is 12.7. The Bertz CT molecular complexity index is 905. The topological polar surface area (TPSA) is 63.9 Å². The van der Waals surface area contributed by atoms with Crippen molar-refractivity contribution in [3.8, 4) is 17.1 Å². The lowest BCUT2D eigenvalue weighted by Gasteiger charge is -2.20. The predicted octanol–water partition coefficient (Wildman–Crippen LogP) is 3.82. The second-order valence-corrected chi connectivity index (χ2v) is 7.75. The molecule has 144 valence electrons. The van der Waals surface area contributed by atoms with E-state index in [-0.39, 0.29) is 5.91 Å². The van der Waals surface area contributed by atoms with Gasteiger partial charge in [0.25, 0.3) is 0 Å². The van der Waals surface area contributed by atoms with Gasteiger partial charge in [0.15, 0.2) is 11.0 Å². The van der Waals surface area contributed by atoms with Gasteiger partial charge in [-0.1, -0.05) is 42.8 Å². The van der Waals surface area contributed by atoms with Crippen molar-refractivity contribution in [3.63, 3.8) is 0 Å². The quantitative estimate of drug-likeness (QED) is 0.617. The molecule has 7 heteroatoms. The molecular weight excluding hydrogens is 370 g/mol. The average molecular weight is 394 g/mol. The zero-order valence-electron chi connectivity index (χ0n) is 15.7. The highest BCUT2D eigenvalue weighted by Crippen LogP contribution is 2.27. The summed E-state index contributed by atoms with van der Waals surface area (Å²) >= 11 is 1.44. The summed E-state index contributed by atoms with van der Waals surface area (Å²) in [6.07, 6.45) is 8.15. The van der Waals surface area contributed by atoms with Crippen LogP contribution in [0, 0.1) is 0 Å². The SMILES string of the molecule is O=C(CSc1nnc(-c2cccnc2)n1-c1ccccc1)N1CCCCCC1. The number of thioether (sulfide) groups is 1. The van der Waals surface area contributed by atoms with Crippen LogP contribution in [0.2, 0.25) is 0 Å². The minimum Gasteiger partial charge on any atom is -0.342 e.